The van der Waals surface area contributed by atoms with Gasteiger partial charge in [0.15, 0.2) is 11.3 Å². The number of nitrogens with one attached hydrogen (secondary N) is 1. The smallest absolute Gasteiger partial charge is 0.304 e. The van der Waals surface area contributed by atoms with Crippen molar-refractivity contribution in [2.75, 3.05) is 6.67 Å². The van der Waals surface area contributed by atoms with Gasteiger partial charge in [-0.05, 0) is 12.8 Å². The molecule has 0 bridgehead atoms. The van der Waals surface area contributed by atoms with Gasteiger partial charge in [-0.1, -0.05) is 0 Å². The van der Waals surface area contributed by atoms with Gasteiger partial charge in [-0.25, -0.2) is 18.6 Å². The molecule has 2 aromatic rings. The van der Waals surface area contributed by atoms with Gasteiger partial charge in [0.05, 0.1) is 6.67 Å². The van der Waals surface area contributed by atoms with E-state index in [1.807, 2.05) is 4.98 Å². The van der Waals surface area contributed by atoms with Crippen LogP contribution in [0.25, 0.3) is 11.0 Å². The fourth-order valence-corrected chi connectivity index (χ4v) is 2.08. The predicted octanol–water partition coefficient (Wildman–Crippen LogP) is 0.471. The molecule has 0 aliphatic rings. The fraction of sp³-hybridized carbons (Fsp3) is 0.500. The van der Waals surface area contributed by atoms with Gasteiger partial charge in [0.25, 0.3) is 17.5 Å². The molecule has 0 aliphatic carbocycles. The van der Waals surface area contributed by atoms with Crippen LogP contribution < -0.4 is 16.8 Å². The first kappa shape index (κ1) is 16.0. The van der Waals surface area contributed by atoms with Crippen molar-refractivity contribution in [2.45, 2.75) is 25.8 Å². The molecule has 0 fully saturated rings. The van der Waals surface area contributed by atoms with E-state index in [1.165, 1.54) is 0 Å². The molecule has 120 valence electrons. The Kier molecular flexibility index (Phi) is 4.48. The fourth-order valence-electron chi connectivity index (χ4n) is 2.08. The summed E-state index contributed by atoms with van der Waals surface area (Å²) in [6, 6.07) is 0. The Balaban J connectivity index is 2.82. The molecule has 2 rings (SSSR count). The number of halogens is 3. The van der Waals surface area contributed by atoms with Crippen molar-refractivity contribution in [1.82, 2.24) is 19.1 Å². The van der Waals surface area contributed by atoms with E-state index in [-0.39, 0.29) is 24.9 Å². The van der Waals surface area contributed by atoms with E-state index in [1.54, 1.807) is 0 Å². The Bertz CT molecular complexity index is 869. The largest absolute Gasteiger partial charge is 0.331 e. The van der Waals surface area contributed by atoms with E-state index < -0.39 is 41.2 Å². The molecular weight excluding hydrogens is 305 g/mol. The molecule has 1 N–H and O–H groups in total. The lowest BCUT2D eigenvalue weighted by Crippen LogP contribution is -2.41. The summed E-state index contributed by atoms with van der Waals surface area (Å²) in [7, 11) is 1.15. The molecule has 10 heteroatoms. The lowest BCUT2D eigenvalue weighted by molar-refractivity contribution is 0.140. The highest BCUT2D eigenvalue weighted by Gasteiger charge is 2.19. The second kappa shape index (κ2) is 6.16. The Morgan fingerprint density at radius 1 is 1.23 bits per heavy atom. The van der Waals surface area contributed by atoms with Crippen molar-refractivity contribution in [2.24, 2.45) is 7.05 Å². The summed E-state index contributed by atoms with van der Waals surface area (Å²) in [4.78, 5) is 41.3. The molecule has 0 aromatic carbocycles. The number of fused-ring (bicyclic) bond motifs is 1. The minimum Gasteiger partial charge on any atom is -0.304 e. The maximum Gasteiger partial charge on any atom is 0.331 e. The van der Waals surface area contributed by atoms with Crippen LogP contribution >= 0.6 is 0 Å². The van der Waals surface area contributed by atoms with Crippen LogP contribution in [0.15, 0.2) is 14.4 Å². The quantitative estimate of drug-likeness (QED) is 0.812. The summed E-state index contributed by atoms with van der Waals surface area (Å²) in [5.74, 6) is -0.941. The summed E-state index contributed by atoms with van der Waals surface area (Å²) >= 11 is 0. The van der Waals surface area contributed by atoms with Gasteiger partial charge in [0, 0.05) is 13.6 Å². The number of unbranched alkanes of at least 4 members (excludes halogenated alkanes) is 1. The molecule has 0 spiro atoms. The number of nitrogens with zero attached hydrogens (tertiary/aromatic N) is 3. The lowest BCUT2D eigenvalue weighted by atomic mass is 10.3. The highest BCUT2D eigenvalue weighted by Crippen LogP contribution is 2.13. The third kappa shape index (κ3) is 2.68. The van der Waals surface area contributed by atoms with E-state index in [4.69, 9.17) is 0 Å². The van der Waals surface area contributed by atoms with Crippen molar-refractivity contribution in [1.29, 1.82) is 0 Å². The number of H-pyrrole nitrogens is 1. The summed E-state index contributed by atoms with van der Waals surface area (Å²) < 4.78 is 39.2. The molecule has 0 atom stereocenters. The van der Waals surface area contributed by atoms with Gasteiger partial charge >= 0.3 is 5.69 Å². The molecule has 0 amide bonds. The lowest BCUT2D eigenvalue weighted by Gasteiger charge is -2.11. The maximum atomic E-state index is 12.7. The molecule has 7 nitrogen and oxygen atoms in total. The number of aryl methyl sites for hydroxylation is 1. The SMILES string of the molecule is Cn1c(=O)c2nc(C(F)F)[nH]c(=O)c2n(CCCCF)c1=O. The molecule has 0 aliphatic heterocycles. The zero-order valence-electron chi connectivity index (χ0n) is 11.6. The highest BCUT2D eigenvalue weighted by molar-refractivity contribution is 5.72. The third-order valence-corrected chi connectivity index (χ3v) is 3.18. The van der Waals surface area contributed by atoms with E-state index in [2.05, 4.69) is 4.98 Å². The standard InChI is InChI=1S/C12H13F3N4O3/c1-18-11(21)6-7(10(20)17-9(16-6)8(14)15)19(12(18)22)5-3-2-4-13/h8H,2-5H2,1H3,(H,16,17,20). The number of alkyl halides is 3. The van der Waals surface area contributed by atoms with Crippen molar-refractivity contribution in [3.05, 3.63) is 37.0 Å². The number of aromatic amines is 1. The van der Waals surface area contributed by atoms with Crippen molar-refractivity contribution < 1.29 is 13.2 Å². The Morgan fingerprint density at radius 3 is 2.50 bits per heavy atom. The zero-order chi connectivity index (χ0) is 16.4. The first-order chi connectivity index (χ1) is 10.4. The molecule has 2 heterocycles. The average Bonchev–Trinajstić information content (AvgIpc) is 2.48. The van der Waals surface area contributed by atoms with Crippen LogP contribution in [-0.4, -0.2) is 25.8 Å². The van der Waals surface area contributed by atoms with Crippen LogP contribution in [0.5, 0.6) is 0 Å². The minimum atomic E-state index is -3.06. The van der Waals surface area contributed by atoms with Gasteiger partial charge in [-0.3, -0.25) is 23.1 Å². The van der Waals surface area contributed by atoms with Crippen LogP contribution in [0.1, 0.15) is 25.1 Å². The predicted molar refractivity (Wildman–Crippen MR) is 72.0 cm³/mol. The summed E-state index contributed by atoms with van der Waals surface area (Å²) in [6.07, 6.45) is -2.65. The normalized spacial score (nSPS) is 11.5. The van der Waals surface area contributed by atoms with Gasteiger partial charge in [0.2, 0.25) is 0 Å². The first-order valence-corrected chi connectivity index (χ1v) is 6.46. The molecule has 0 unspecified atom stereocenters. The van der Waals surface area contributed by atoms with Crippen molar-refractivity contribution in [3.8, 4) is 0 Å². The number of hydrogen-bond acceptors (Lipinski definition) is 4. The van der Waals surface area contributed by atoms with E-state index in [0.717, 1.165) is 11.6 Å². The summed E-state index contributed by atoms with van der Waals surface area (Å²) in [5.41, 5.74) is -3.61. The van der Waals surface area contributed by atoms with E-state index in [9.17, 15) is 27.6 Å². The number of aromatic nitrogens is 4. The second-order valence-corrected chi connectivity index (χ2v) is 4.64. The monoisotopic (exact) mass is 318 g/mol. The molecule has 0 saturated heterocycles. The van der Waals surface area contributed by atoms with E-state index in [0.29, 0.717) is 4.57 Å². The van der Waals surface area contributed by atoms with Crippen molar-refractivity contribution in [3.63, 3.8) is 0 Å². The number of hydrogen-bond donors (Lipinski definition) is 1. The summed E-state index contributed by atoms with van der Waals surface area (Å²) in [5, 5.41) is 0. The van der Waals surface area contributed by atoms with Crippen molar-refractivity contribution >= 4 is 11.0 Å². The second-order valence-electron chi connectivity index (χ2n) is 4.64. The third-order valence-electron chi connectivity index (χ3n) is 3.18. The maximum absolute atomic E-state index is 12.7. The van der Waals surface area contributed by atoms with E-state index >= 15 is 0 Å². The zero-order valence-corrected chi connectivity index (χ0v) is 11.6. The molecular formula is C12H13F3N4O3. The van der Waals surface area contributed by atoms with Crippen LogP contribution in [0, 0.1) is 0 Å². The molecule has 0 radical (unpaired) electrons. The van der Waals surface area contributed by atoms with Crippen LogP contribution in [0.2, 0.25) is 0 Å². The topological polar surface area (TPSA) is 89.8 Å². The number of rotatable bonds is 5. The van der Waals surface area contributed by atoms with Crippen LogP contribution in [0.3, 0.4) is 0 Å². The van der Waals surface area contributed by atoms with Gasteiger partial charge in [-0.2, -0.15) is 0 Å². The molecule has 22 heavy (non-hydrogen) atoms. The van der Waals surface area contributed by atoms with Gasteiger partial charge in [0.1, 0.15) is 5.52 Å². The molecule has 2 aromatic heterocycles. The minimum absolute atomic E-state index is 0.0217. The van der Waals surface area contributed by atoms with Gasteiger partial charge < -0.3 is 4.98 Å². The highest BCUT2D eigenvalue weighted by atomic mass is 19.3. The Hall–Kier alpha value is -2.39. The average molecular weight is 318 g/mol. The van der Waals surface area contributed by atoms with Gasteiger partial charge in [-0.15, -0.1) is 0 Å². The Labute approximate surface area is 121 Å². The first-order valence-electron chi connectivity index (χ1n) is 6.46. The van der Waals surface area contributed by atoms with Crippen LogP contribution in [0.4, 0.5) is 13.2 Å². The summed E-state index contributed by atoms with van der Waals surface area (Å²) in [6.45, 7) is -0.616. The Morgan fingerprint density at radius 2 is 1.91 bits per heavy atom. The van der Waals surface area contributed by atoms with Crippen LogP contribution in [-0.2, 0) is 13.6 Å². The molecule has 0 saturated carbocycles.